The van der Waals surface area contributed by atoms with E-state index >= 15 is 0 Å². The van der Waals surface area contributed by atoms with Crippen molar-refractivity contribution in [2.45, 2.75) is 18.4 Å². The van der Waals surface area contributed by atoms with Gasteiger partial charge in [0.25, 0.3) is 0 Å². The summed E-state index contributed by atoms with van der Waals surface area (Å²) in [5.74, 6) is 1.63. The average molecular weight is 419 g/mol. The molecule has 0 aliphatic carbocycles. The zero-order valence-corrected chi connectivity index (χ0v) is 17.9. The van der Waals surface area contributed by atoms with Crippen LogP contribution in [0.1, 0.15) is 17.7 Å². The Morgan fingerprint density at radius 1 is 1.16 bits per heavy atom. The summed E-state index contributed by atoms with van der Waals surface area (Å²) in [5, 5.41) is 1.19. The molecule has 6 heteroatoms. The average Bonchev–Trinajstić information content (AvgIpc) is 3.37. The summed E-state index contributed by atoms with van der Waals surface area (Å²) in [6.07, 6.45) is 1.71. The third-order valence-electron chi connectivity index (χ3n) is 6.73. The lowest BCUT2D eigenvalue weighted by atomic mass is 9.84. The van der Waals surface area contributed by atoms with Gasteiger partial charge in [-0.3, -0.25) is 9.69 Å². The van der Waals surface area contributed by atoms with Crippen molar-refractivity contribution in [2.24, 2.45) is 0 Å². The van der Waals surface area contributed by atoms with Crippen molar-refractivity contribution >= 4 is 16.8 Å². The minimum Gasteiger partial charge on any atom is -0.497 e. The first-order valence-corrected chi connectivity index (χ1v) is 10.8. The molecule has 1 radical (unpaired) electrons. The number of likely N-dealkylation sites (tertiary alicyclic amines) is 1. The summed E-state index contributed by atoms with van der Waals surface area (Å²) >= 11 is 0. The Hall–Kier alpha value is -2.99. The molecule has 1 fully saturated rings. The number of carbonyl (C=O) groups excluding carboxylic acids is 1. The van der Waals surface area contributed by atoms with Crippen LogP contribution in [-0.4, -0.2) is 60.6 Å². The lowest BCUT2D eigenvalue weighted by Crippen LogP contribution is -2.54. The highest BCUT2D eigenvalue weighted by Crippen LogP contribution is 2.45. The van der Waals surface area contributed by atoms with E-state index in [0.29, 0.717) is 13.2 Å². The monoisotopic (exact) mass is 418 g/mol. The summed E-state index contributed by atoms with van der Waals surface area (Å²) in [4.78, 5) is 20.5. The maximum absolute atomic E-state index is 12.5. The summed E-state index contributed by atoms with van der Waals surface area (Å²) < 4.78 is 11.4. The molecule has 2 aliphatic heterocycles. The van der Waals surface area contributed by atoms with Crippen LogP contribution in [0.25, 0.3) is 10.9 Å². The highest BCUT2D eigenvalue weighted by atomic mass is 16.5. The number of para-hydroxylation sites is 1. The third kappa shape index (κ3) is 3.45. The summed E-state index contributed by atoms with van der Waals surface area (Å²) in [7, 11) is 1.69. The van der Waals surface area contributed by atoms with Gasteiger partial charge in [-0.15, -0.1) is 0 Å². The highest BCUT2D eigenvalue weighted by Gasteiger charge is 2.50. The van der Waals surface area contributed by atoms with E-state index in [1.54, 1.807) is 7.11 Å². The van der Waals surface area contributed by atoms with Crippen LogP contribution in [0.3, 0.4) is 0 Å². The number of benzene rings is 2. The first kappa shape index (κ1) is 19.9. The number of hydrogen-bond acceptors (Lipinski definition) is 4. The number of methoxy groups -OCH3 is 1. The number of fused-ring (bicyclic) bond motifs is 4. The molecule has 1 amide bonds. The normalized spacial score (nSPS) is 20.9. The van der Waals surface area contributed by atoms with E-state index in [1.165, 1.54) is 10.9 Å². The van der Waals surface area contributed by atoms with E-state index in [-0.39, 0.29) is 11.4 Å². The quantitative estimate of drug-likeness (QED) is 0.690. The van der Waals surface area contributed by atoms with E-state index in [9.17, 15) is 4.79 Å². The molecular formula is C25H28N3O3. The van der Waals surface area contributed by atoms with Gasteiger partial charge in [0.1, 0.15) is 18.1 Å². The Morgan fingerprint density at radius 3 is 2.77 bits per heavy atom. The van der Waals surface area contributed by atoms with Crippen molar-refractivity contribution < 1.29 is 14.3 Å². The van der Waals surface area contributed by atoms with E-state index in [2.05, 4.69) is 28.9 Å². The predicted octanol–water partition coefficient (Wildman–Crippen LogP) is 3.38. The van der Waals surface area contributed by atoms with Gasteiger partial charge in [-0.25, -0.2) is 0 Å². The van der Waals surface area contributed by atoms with Crippen LogP contribution in [0.2, 0.25) is 0 Å². The van der Waals surface area contributed by atoms with Gasteiger partial charge in [-0.1, -0.05) is 18.2 Å². The first-order chi connectivity index (χ1) is 15.1. The Bertz CT molecular complexity index is 1090. The SMILES string of the molecule is [CH2]C(=O)N1CCc2c([nH]c3ccc(OC)cc23)C12CCN(CCOc1ccccc1)C2. The van der Waals surface area contributed by atoms with Crippen molar-refractivity contribution in [1.29, 1.82) is 0 Å². The molecule has 0 saturated carbocycles. The number of rotatable bonds is 5. The molecule has 161 valence electrons. The molecule has 0 bridgehead atoms. The van der Waals surface area contributed by atoms with E-state index < -0.39 is 0 Å². The number of ether oxygens (including phenoxy) is 2. The second kappa shape index (κ2) is 7.93. The molecule has 1 aromatic heterocycles. The third-order valence-corrected chi connectivity index (χ3v) is 6.73. The van der Waals surface area contributed by atoms with Crippen LogP contribution in [-0.2, 0) is 16.8 Å². The van der Waals surface area contributed by atoms with Crippen LogP contribution < -0.4 is 9.47 Å². The molecule has 2 aromatic carbocycles. The van der Waals surface area contributed by atoms with Crippen molar-refractivity contribution in [2.75, 3.05) is 39.9 Å². The number of nitrogens with one attached hydrogen (secondary N) is 1. The van der Waals surface area contributed by atoms with Crippen LogP contribution in [0.4, 0.5) is 0 Å². The summed E-state index contributed by atoms with van der Waals surface area (Å²) in [6.45, 7) is 7.60. The smallest absolute Gasteiger partial charge is 0.223 e. The molecule has 5 rings (SSSR count). The van der Waals surface area contributed by atoms with Crippen LogP contribution >= 0.6 is 0 Å². The Labute approximate surface area is 182 Å². The molecule has 1 unspecified atom stereocenters. The Kier molecular flexibility index (Phi) is 5.10. The lowest BCUT2D eigenvalue weighted by Gasteiger charge is -2.44. The zero-order chi connectivity index (χ0) is 21.4. The number of aromatic amines is 1. The van der Waals surface area contributed by atoms with Gasteiger partial charge in [-0.2, -0.15) is 0 Å². The van der Waals surface area contributed by atoms with Crippen LogP contribution in [0.5, 0.6) is 11.5 Å². The molecule has 1 saturated heterocycles. The summed E-state index contributed by atoms with van der Waals surface area (Å²) in [6, 6.07) is 16.0. The van der Waals surface area contributed by atoms with Gasteiger partial charge >= 0.3 is 0 Å². The second-order valence-corrected chi connectivity index (χ2v) is 8.40. The molecule has 3 aromatic rings. The highest BCUT2D eigenvalue weighted by molar-refractivity contribution is 5.88. The van der Waals surface area contributed by atoms with Gasteiger partial charge in [0.05, 0.1) is 12.6 Å². The van der Waals surface area contributed by atoms with Crippen molar-refractivity contribution in [3.05, 3.63) is 66.7 Å². The molecule has 31 heavy (non-hydrogen) atoms. The number of aromatic nitrogens is 1. The molecule has 1 N–H and O–H groups in total. The largest absolute Gasteiger partial charge is 0.497 e. The fourth-order valence-electron chi connectivity index (χ4n) is 5.24. The molecular weight excluding hydrogens is 390 g/mol. The molecule has 2 aliphatic rings. The van der Waals surface area contributed by atoms with Gasteiger partial charge < -0.3 is 19.4 Å². The molecule has 6 nitrogen and oxygen atoms in total. The topological polar surface area (TPSA) is 57.8 Å². The van der Waals surface area contributed by atoms with E-state index in [1.807, 2.05) is 41.3 Å². The maximum atomic E-state index is 12.5. The number of nitrogens with zero attached hydrogens (tertiary/aromatic N) is 2. The van der Waals surface area contributed by atoms with Gasteiger partial charge in [0.15, 0.2) is 0 Å². The zero-order valence-electron chi connectivity index (χ0n) is 17.9. The second-order valence-electron chi connectivity index (χ2n) is 8.40. The van der Waals surface area contributed by atoms with E-state index in [4.69, 9.17) is 9.47 Å². The van der Waals surface area contributed by atoms with Gasteiger partial charge in [0, 0.05) is 49.7 Å². The Morgan fingerprint density at radius 2 is 2.00 bits per heavy atom. The lowest BCUT2D eigenvalue weighted by molar-refractivity contribution is -0.133. The fourth-order valence-corrected chi connectivity index (χ4v) is 5.24. The number of amides is 1. The van der Waals surface area contributed by atoms with Crippen molar-refractivity contribution in [1.82, 2.24) is 14.8 Å². The number of hydrogen-bond donors (Lipinski definition) is 1. The van der Waals surface area contributed by atoms with Crippen LogP contribution in [0, 0.1) is 6.92 Å². The fraction of sp³-hybridized carbons (Fsp3) is 0.360. The minimum absolute atomic E-state index is 0.107. The predicted molar refractivity (Wildman–Crippen MR) is 120 cm³/mol. The molecule has 1 spiro atoms. The Balaban J connectivity index is 1.42. The number of H-pyrrole nitrogens is 1. The van der Waals surface area contributed by atoms with E-state index in [0.717, 1.165) is 55.2 Å². The van der Waals surface area contributed by atoms with Gasteiger partial charge in [0.2, 0.25) is 5.91 Å². The molecule has 1 atom stereocenters. The van der Waals surface area contributed by atoms with Gasteiger partial charge in [-0.05, 0) is 48.7 Å². The summed E-state index contributed by atoms with van der Waals surface area (Å²) in [5.41, 5.74) is 3.18. The minimum atomic E-state index is -0.370. The van der Waals surface area contributed by atoms with Crippen LogP contribution in [0.15, 0.2) is 48.5 Å². The first-order valence-electron chi connectivity index (χ1n) is 10.8. The number of carbonyl (C=O) groups is 1. The molecule has 3 heterocycles. The maximum Gasteiger partial charge on any atom is 0.223 e. The van der Waals surface area contributed by atoms with Crippen molar-refractivity contribution in [3.63, 3.8) is 0 Å². The standard InChI is InChI=1S/C25H28N3O3/c1-18(29)28-12-10-21-22-16-20(30-2)8-9-23(22)26-24(21)25(28)11-13-27(17-25)14-15-31-19-6-4-3-5-7-19/h3-9,16,26H,1,10-15,17H2,2H3. The van der Waals surface area contributed by atoms with Crippen molar-refractivity contribution in [3.8, 4) is 11.5 Å².